The van der Waals surface area contributed by atoms with Gasteiger partial charge in [-0.1, -0.05) is 19.1 Å². The number of nitriles is 1. The maximum atomic E-state index is 12.1. The average molecular weight is 322 g/mol. The van der Waals surface area contributed by atoms with Crippen LogP contribution in [0.4, 0.5) is 5.69 Å². The molecule has 0 saturated heterocycles. The van der Waals surface area contributed by atoms with Crippen LogP contribution in [0.2, 0.25) is 0 Å². The second-order valence-electron chi connectivity index (χ2n) is 5.28. The van der Waals surface area contributed by atoms with Crippen LogP contribution in [0.5, 0.6) is 0 Å². The van der Waals surface area contributed by atoms with Gasteiger partial charge in [0.25, 0.3) is 5.91 Å². The Balaban J connectivity index is 1.94. The van der Waals surface area contributed by atoms with Crippen LogP contribution in [0, 0.1) is 11.3 Å². The first-order valence-electron chi connectivity index (χ1n) is 7.64. The lowest BCUT2D eigenvalue weighted by Crippen LogP contribution is -2.30. The summed E-state index contributed by atoms with van der Waals surface area (Å²) in [5.41, 5.74) is 2.57. The van der Waals surface area contributed by atoms with Gasteiger partial charge in [-0.25, -0.2) is 4.79 Å². The molecule has 0 aromatic heterocycles. The Labute approximate surface area is 140 Å². The van der Waals surface area contributed by atoms with Crippen LogP contribution in [0.25, 0.3) is 0 Å². The molecule has 0 heterocycles. The third-order valence-electron chi connectivity index (χ3n) is 3.53. The summed E-state index contributed by atoms with van der Waals surface area (Å²) < 4.78 is 5.19. The van der Waals surface area contributed by atoms with Crippen LogP contribution in [-0.2, 0) is 16.0 Å². The lowest BCUT2D eigenvalue weighted by Gasteiger charge is -2.13. The van der Waals surface area contributed by atoms with Gasteiger partial charge in [0.05, 0.1) is 17.2 Å². The van der Waals surface area contributed by atoms with Gasteiger partial charge in [0.1, 0.15) is 0 Å². The fourth-order valence-electron chi connectivity index (χ4n) is 2.03. The molecule has 0 aliphatic heterocycles. The Morgan fingerprint density at radius 1 is 1.12 bits per heavy atom. The number of nitrogens with zero attached hydrogens (tertiary/aromatic N) is 1. The summed E-state index contributed by atoms with van der Waals surface area (Å²) in [6.45, 7) is 3.54. The summed E-state index contributed by atoms with van der Waals surface area (Å²) in [4.78, 5) is 24.1. The first-order valence-corrected chi connectivity index (χ1v) is 7.64. The second-order valence-corrected chi connectivity index (χ2v) is 5.28. The highest BCUT2D eigenvalue weighted by molar-refractivity contribution is 5.97. The van der Waals surface area contributed by atoms with Crippen LogP contribution in [0.15, 0.2) is 48.5 Å². The lowest BCUT2D eigenvalue weighted by atomic mass is 10.1. The largest absolute Gasteiger partial charge is 0.449 e. The van der Waals surface area contributed by atoms with E-state index in [9.17, 15) is 9.59 Å². The fraction of sp³-hybridized carbons (Fsp3) is 0.211. The van der Waals surface area contributed by atoms with Gasteiger partial charge >= 0.3 is 5.97 Å². The SMILES string of the molecule is CCc1ccc(C(=O)O[C@@H](C)C(=O)Nc2ccc(C#N)cc2)cc1. The van der Waals surface area contributed by atoms with Crippen molar-refractivity contribution >= 4 is 17.6 Å². The summed E-state index contributed by atoms with van der Waals surface area (Å²) in [7, 11) is 0. The van der Waals surface area contributed by atoms with Crippen LogP contribution >= 0.6 is 0 Å². The molecule has 1 N–H and O–H groups in total. The minimum Gasteiger partial charge on any atom is -0.449 e. The molecular formula is C19H18N2O3. The minimum absolute atomic E-state index is 0.408. The normalized spacial score (nSPS) is 11.2. The van der Waals surface area contributed by atoms with Crippen LogP contribution < -0.4 is 5.32 Å². The highest BCUT2D eigenvalue weighted by Crippen LogP contribution is 2.11. The number of rotatable bonds is 5. The summed E-state index contributed by atoms with van der Waals surface area (Å²) in [5, 5.41) is 11.4. The summed E-state index contributed by atoms with van der Waals surface area (Å²) in [5.74, 6) is -0.974. The minimum atomic E-state index is -0.931. The molecule has 1 atom stereocenters. The van der Waals surface area contributed by atoms with Crippen molar-refractivity contribution < 1.29 is 14.3 Å². The number of amides is 1. The standard InChI is InChI=1S/C19H18N2O3/c1-3-14-4-8-16(9-5-14)19(23)24-13(2)18(22)21-17-10-6-15(12-20)7-11-17/h4-11,13H,3H2,1-2H3,(H,21,22)/t13-/m0/s1. The van der Waals surface area contributed by atoms with E-state index in [0.717, 1.165) is 12.0 Å². The van der Waals surface area contributed by atoms with Crippen molar-refractivity contribution in [2.45, 2.75) is 26.4 Å². The molecule has 0 saturated carbocycles. The third-order valence-corrected chi connectivity index (χ3v) is 3.53. The molecule has 0 fully saturated rings. The predicted molar refractivity (Wildman–Crippen MR) is 90.5 cm³/mol. The molecule has 0 aliphatic carbocycles. The smallest absolute Gasteiger partial charge is 0.338 e. The zero-order valence-corrected chi connectivity index (χ0v) is 13.6. The van der Waals surface area contributed by atoms with Crippen LogP contribution in [-0.4, -0.2) is 18.0 Å². The zero-order chi connectivity index (χ0) is 17.5. The van der Waals surface area contributed by atoms with Crippen molar-refractivity contribution in [2.75, 3.05) is 5.32 Å². The zero-order valence-electron chi connectivity index (χ0n) is 13.6. The molecule has 5 nitrogen and oxygen atoms in total. The lowest BCUT2D eigenvalue weighted by molar-refractivity contribution is -0.123. The number of carbonyl (C=O) groups excluding carboxylic acids is 2. The van der Waals surface area contributed by atoms with Crippen molar-refractivity contribution in [1.29, 1.82) is 5.26 Å². The van der Waals surface area contributed by atoms with E-state index >= 15 is 0 Å². The van der Waals surface area contributed by atoms with Gasteiger partial charge in [-0.2, -0.15) is 5.26 Å². The Kier molecular flexibility index (Phi) is 5.69. The molecule has 0 unspecified atom stereocenters. The molecule has 2 aromatic carbocycles. The molecule has 2 rings (SSSR count). The van der Waals surface area contributed by atoms with Crippen molar-refractivity contribution in [3.8, 4) is 6.07 Å². The monoisotopic (exact) mass is 322 g/mol. The predicted octanol–water partition coefficient (Wildman–Crippen LogP) is 3.30. The number of ether oxygens (including phenoxy) is 1. The first kappa shape index (κ1) is 17.2. The quantitative estimate of drug-likeness (QED) is 0.857. The Hall–Kier alpha value is -3.13. The highest BCUT2D eigenvalue weighted by atomic mass is 16.5. The molecule has 2 aromatic rings. The van der Waals surface area contributed by atoms with Crippen LogP contribution in [0.1, 0.15) is 35.3 Å². The van der Waals surface area contributed by atoms with Gasteiger partial charge in [0.2, 0.25) is 0 Å². The molecule has 0 aliphatic rings. The van der Waals surface area contributed by atoms with E-state index in [-0.39, 0.29) is 0 Å². The number of esters is 1. The molecule has 5 heteroatoms. The van der Waals surface area contributed by atoms with E-state index in [1.165, 1.54) is 6.92 Å². The first-order chi connectivity index (χ1) is 11.5. The van der Waals surface area contributed by atoms with E-state index in [4.69, 9.17) is 10.00 Å². The number of carbonyl (C=O) groups is 2. The second kappa shape index (κ2) is 7.93. The Bertz CT molecular complexity index is 759. The van der Waals surface area contributed by atoms with E-state index in [2.05, 4.69) is 5.32 Å². The van der Waals surface area contributed by atoms with Crippen LogP contribution in [0.3, 0.4) is 0 Å². The molecule has 0 bridgehead atoms. The fourth-order valence-corrected chi connectivity index (χ4v) is 2.03. The third kappa shape index (κ3) is 4.43. The van der Waals surface area contributed by atoms with E-state index in [1.807, 2.05) is 25.1 Å². The molecule has 122 valence electrons. The van der Waals surface area contributed by atoms with Crippen molar-refractivity contribution in [2.24, 2.45) is 0 Å². The van der Waals surface area contributed by atoms with Crippen molar-refractivity contribution in [1.82, 2.24) is 0 Å². The van der Waals surface area contributed by atoms with E-state index in [0.29, 0.717) is 16.8 Å². The topological polar surface area (TPSA) is 79.2 Å². The van der Waals surface area contributed by atoms with Gasteiger partial charge < -0.3 is 10.1 Å². The molecule has 0 radical (unpaired) electrons. The molecule has 0 spiro atoms. The number of nitrogens with one attached hydrogen (secondary N) is 1. The van der Waals surface area contributed by atoms with Crippen molar-refractivity contribution in [3.63, 3.8) is 0 Å². The van der Waals surface area contributed by atoms with Gasteiger partial charge in [-0.3, -0.25) is 4.79 Å². The molecule has 1 amide bonds. The average Bonchev–Trinajstić information content (AvgIpc) is 2.62. The van der Waals surface area contributed by atoms with Gasteiger partial charge in [-0.15, -0.1) is 0 Å². The number of anilines is 1. The number of hydrogen-bond acceptors (Lipinski definition) is 4. The molecule has 24 heavy (non-hydrogen) atoms. The van der Waals surface area contributed by atoms with E-state index < -0.39 is 18.0 Å². The maximum absolute atomic E-state index is 12.1. The highest BCUT2D eigenvalue weighted by Gasteiger charge is 2.19. The van der Waals surface area contributed by atoms with Gasteiger partial charge in [-0.05, 0) is 55.3 Å². The van der Waals surface area contributed by atoms with Gasteiger partial charge in [0.15, 0.2) is 6.10 Å². The molecular weight excluding hydrogens is 304 g/mol. The van der Waals surface area contributed by atoms with Crippen molar-refractivity contribution in [3.05, 3.63) is 65.2 Å². The summed E-state index contributed by atoms with van der Waals surface area (Å²) in [6, 6.07) is 15.5. The Morgan fingerprint density at radius 3 is 2.29 bits per heavy atom. The van der Waals surface area contributed by atoms with E-state index in [1.54, 1.807) is 36.4 Å². The number of benzene rings is 2. The summed E-state index contributed by atoms with van der Waals surface area (Å²) in [6.07, 6.45) is -0.0439. The number of hydrogen-bond donors (Lipinski definition) is 1. The summed E-state index contributed by atoms with van der Waals surface area (Å²) >= 11 is 0. The Morgan fingerprint density at radius 2 is 1.75 bits per heavy atom. The maximum Gasteiger partial charge on any atom is 0.338 e. The number of aryl methyl sites for hydroxylation is 1. The van der Waals surface area contributed by atoms with Gasteiger partial charge in [0, 0.05) is 5.69 Å².